The van der Waals surface area contributed by atoms with Crippen LogP contribution in [-0.4, -0.2) is 12.1 Å². The lowest BCUT2D eigenvalue weighted by Crippen LogP contribution is -2.24. The van der Waals surface area contributed by atoms with Crippen LogP contribution in [0.1, 0.15) is 58.3 Å². The van der Waals surface area contributed by atoms with E-state index >= 15 is 0 Å². The normalized spacial score (nSPS) is 21.5. The van der Waals surface area contributed by atoms with Gasteiger partial charge in [-0.1, -0.05) is 39.2 Å². The monoisotopic (exact) mass is 210 g/mol. The van der Waals surface area contributed by atoms with Gasteiger partial charge in [-0.2, -0.15) is 0 Å². The third-order valence-corrected chi connectivity index (χ3v) is 2.96. The zero-order chi connectivity index (χ0) is 11.1. The number of esters is 1. The van der Waals surface area contributed by atoms with Crippen molar-refractivity contribution in [2.24, 2.45) is 0 Å². The van der Waals surface area contributed by atoms with Crippen LogP contribution in [0.5, 0.6) is 0 Å². The maximum absolute atomic E-state index is 11.2. The first-order valence-corrected chi connectivity index (χ1v) is 6.12. The molecule has 1 heterocycles. The molecule has 0 N–H and O–H groups in total. The van der Waals surface area contributed by atoms with Crippen LogP contribution in [-0.2, 0) is 9.53 Å². The van der Waals surface area contributed by atoms with Crippen LogP contribution in [0.25, 0.3) is 0 Å². The molecule has 1 rings (SSSR count). The van der Waals surface area contributed by atoms with Gasteiger partial charge in [0.1, 0.15) is 6.10 Å². The molecule has 0 radical (unpaired) electrons. The first kappa shape index (κ1) is 12.3. The van der Waals surface area contributed by atoms with Gasteiger partial charge in [0.25, 0.3) is 0 Å². The summed E-state index contributed by atoms with van der Waals surface area (Å²) in [4.78, 5) is 11.2. The molecule has 0 aromatic rings. The van der Waals surface area contributed by atoms with Crippen molar-refractivity contribution in [2.75, 3.05) is 0 Å². The number of cyclic esters (lactones) is 1. The lowest BCUT2D eigenvalue weighted by molar-refractivity contribution is -0.147. The van der Waals surface area contributed by atoms with Gasteiger partial charge in [0.05, 0.1) is 0 Å². The Morgan fingerprint density at radius 3 is 2.73 bits per heavy atom. The molecular formula is C13H22O2. The molecular weight excluding hydrogens is 188 g/mol. The Morgan fingerprint density at radius 2 is 2.07 bits per heavy atom. The molecule has 2 heteroatoms. The number of rotatable bonds is 6. The summed E-state index contributed by atoms with van der Waals surface area (Å²) in [6.45, 7) is 5.89. The molecule has 0 amide bonds. The van der Waals surface area contributed by atoms with Crippen LogP contribution in [0.2, 0.25) is 0 Å². The summed E-state index contributed by atoms with van der Waals surface area (Å²) in [6.07, 6.45) is 9.33. The van der Waals surface area contributed by atoms with Gasteiger partial charge in [-0.15, -0.1) is 0 Å². The molecule has 1 saturated heterocycles. The van der Waals surface area contributed by atoms with Crippen molar-refractivity contribution < 1.29 is 9.53 Å². The van der Waals surface area contributed by atoms with E-state index in [0.717, 1.165) is 19.3 Å². The zero-order valence-electron chi connectivity index (χ0n) is 9.76. The summed E-state index contributed by atoms with van der Waals surface area (Å²) in [5.74, 6) is -0.181. The van der Waals surface area contributed by atoms with Crippen molar-refractivity contribution >= 4 is 5.97 Å². The topological polar surface area (TPSA) is 26.3 Å². The summed E-state index contributed by atoms with van der Waals surface area (Å²) < 4.78 is 5.27. The molecule has 15 heavy (non-hydrogen) atoms. The number of hydrogen-bond donors (Lipinski definition) is 0. The van der Waals surface area contributed by atoms with Crippen molar-refractivity contribution in [3.8, 4) is 0 Å². The highest BCUT2D eigenvalue weighted by atomic mass is 16.5. The van der Waals surface area contributed by atoms with Crippen molar-refractivity contribution in [3.05, 3.63) is 12.2 Å². The summed E-state index contributed by atoms with van der Waals surface area (Å²) in [6, 6.07) is 0. The lowest BCUT2D eigenvalue weighted by Gasteiger charge is -2.23. The Kier molecular flexibility index (Phi) is 5.44. The van der Waals surface area contributed by atoms with E-state index in [1.807, 2.05) is 0 Å². The van der Waals surface area contributed by atoms with E-state index in [9.17, 15) is 4.79 Å². The Bertz CT molecular complexity index is 221. The molecule has 0 saturated carbocycles. The fourth-order valence-electron chi connectivity index (χ4n) is 1.91. The second-order valence-corrected chi connectivity index (χ2v) is 4.37. The average Bonchev–Trinajstić information content (AvgIpc) is 2.23. The minimum absolute atomic E-state index is 0.157. The molecule has 0 aromatic heterocycles. The van der Waals surface area contributed by atoms with E-state index in [4.69, 9.17) is 4.74 Å². The minimum atomic E-state index is -0.181. The van der Waals surface area contributed by atoms with E-state index in [-0.39, 0.29) is 12.1 Å². The van der Waals surface area contributed by atoms with Crippen LogP contribution in [0.4, 0.5) is 0 Å². The molecule has 0 aromatic carbocycles. The van der Waals surface area contributed by atoms with Gasteiger partial charge >= 0.3 is 5.97 Å². The molecule has 0 bridgehead atoms. The van der Waals surface area contributed by atoms with Gasteiger partial charge in [0, 0.05) is 5.57 Å². The van der Waals surface area contributed by atoms with Crippen molar-refractivity contribution in [2.45, 2.75) is 64.4 Å². The van der Waals surface area contributed by atoms with Gasteiger partial charge in [-0.3, -0.25) is 0 Å². The van der Waals surface area contributed by atoms with E-state index in [2.05, 4.69) is 13.5 Å². The quantitative estimate of drug-likeness (QED) is 0.380. The molecule has 1 unspecified atom stereocenters. The van der Waals surface area contributed by atoms with Gasteiger partial charge in [0.2, 0.25) is 0 Å². The first-order chi connectivity index (χ1) is 7.24. The molecule has 1 atom stereocenters. The van der Waals surface area contributed by atoms with E-state index in [0.29, 0.717) is 5.57 Å². The predicted octanol–water partition coefficient (Wildman–Crippen LogP) is 3.61. The van der Waals surface area contributed by atoms with Crippen LogP contribution in [0.3, 0.4) is 0 Å². The molecule has 1 fully saturated rings. The molecule has 0 spiro atoms. The number of hydrogen-bond acceptors (Lipinski definition) is 2. The van der Waals surface area contributed by atoms with Gasteiger partial charge in [-0.25, -0.2) is 4.79 Å². The standard InChI is InChI=1S/C13H22O2/c1-3-4-5-6-7-8-12-10-9-11(2)13(14)15-12/h12H,2-10H2,1H3. The Balaban J connectivity index is 2.07. The third kappa shape index (κ3) is 4.50. The highest BCUT2D eigenvalue weighted by Gasteiger charge is 2.22. The maximum atomic E-state index is 11.2. The number of carbonyl (C=O) groups is 1. The molecule has 1 aliphatic rings. The number of unbranched alkanes of at least 4 members (excludes halogenated alkanes) is 4. The smallest absolute Gasteiger partial charge is 0.333 e. The largest absolute Gasteiger partial charge is 0.459 e. The fraction of sp³-hybridized carbons (Fsp3) is 0.769. The highest BCUT2D eigenvalue weighted by Crippen LogP contribution is 2.22. The van der Waals surface area contributed by atoms with Gasteiger partial charge in [-0.05, 0) is 25.7 Å². The summed E-state index contributed by atoms with van der Waals surface area (Å²) in [5, 5.41) is 0. The maximum Gasteiger partial charge on any atom is 0.333 e. The summed E-state index contributed by atoms with van der Waals surface area (Å²) in [5.41, 5.74) is 0.636. The molecule has 0 aliphatic carbocycles. The molecule has 1 aliphatic heterocycles. The van der Waals surface area contributed by atoms with E-state index in [1.54, 1.807) is 0 Å². The number of carbonyl (C=O) groups excluding carboxylic acids is 1. The summed E-state index contributed by atoms with van der Waals surface area (Å²) >= 11 is 0. The highest BCUT2D eigenvalue weighted by molar-refractivity contribution is 5.88. The van der Waals surface area contributed by atoms with Gasteiger partial charge < -0.3 is 4.74 Å². The van der Waals surface area contributed by atoms with Crippen molar-refractivity contribution in [1.82, 2.24) is 0 Å². The lowest BCUT2D eigenvalue weighted by atomic mass is 10.00. The second-order valence-electron chi connectivity index (χ2n) is 4.37. The van der Waals surface area contributed by atoms with E-state index in [1.165, 1.54) is 32.1 Å². The SMILES string of the molecule is C=C1CCC(CCCCCCC)OC1=O. The third-order valence-electron chi connectivity index (χ3n) is 2.96. The first-order valence-electron chi connectivity index (χ1n) is 6.12. The Hall–Kier alpha value is -0.790. The summed E-state index contributed by atoms with van der Waals surface area (Å²) in [7, 11) is 0. The van der Waals surface area contributed by atoms with E-state index < -0.39 is 0 Å². The number of ether oxygens (including phenoxy) is 1. The van der Waals surface area contributed by atoms with Gasteiger partial charge in [0.15, 0.2) is 0 Å². The molecule has 2 nitrogen and oxygen atoms in total. The van der Waals surface area contributed by atoms with Crippen LogP contribution < -0.4 is 0 Å². The Labute approximate surface area is 92.7 Å². The fourth-order valence-corrected chi connectivity index (χ4v) is 1.91. The zero-order valence-corrected chi connectivity index (χ0v) is 9.76. The minimum Gasteiger partial charge on any atom is -0.459 e. The van der Waals surface area contributed by atoms with Crippen molar-refractivity contribution in [1.29, 1.82) is 0 Å². The Morgan fingerprint density at radius 1 is 1.33 bits per heavy atom. The second kappa shape index (κ2) is 6.65. The van der Waals surface area contributed by atoms with Crippen LogP contribution >= 0.6 is 0 Å². The average molecular weight is 210 g/mol. The van der Waals surface area contributed by atoms with Crippen molar-refractivity contribution in [3.63, 3.8) is 0 Å². The van der Waals surface area contributed by atoms with Crippen LogP contribution in [0, 0.1) is 0 Å². The molecule has 86 valence electrons. The van der Waals surface area contributed by atoms with Crippen LogP contribution in [0.15, 0.2) is 12.2 Å². The predicted molar refractivity (Wildman–Crippen MR) is 61.6 cm³/mol.